The van der Waals surface area contributed by atoms with E-state index < -0.39 is 0 Å². The van der Waals surface area contributed by atoms with Gasteiger partial charge in [-0.25, -0.2) is 0 Å². The summed E-state index contributed by atoms with van der Waals surface area (Å²) in [5.41, 5.74) is 12.2. The quantitative estimate of drug-likeness (QED) is 0.411. The first-order chi connectivity index (χ1) is 8.11. The summed E-state index contributed by atoms with van der Waals surface area (Å²) >= 11 is 0. The molecule has 0 unspecified atom stereocenters. The molecule has 2 aromatic carbocycles. The van der Waals surface area contributed by atoms with Crippen LogP contribution in [0, 0.1) is 13.8 Å². The van der Waals surface area contributed by atoms with Crippen molar-refractivity contribution in [2.75, 3.05) is 11.2 Å². The molecule has 114 valence electrons. The molecule has 0 aliphatic carbocycles. The molecular formula is C16H28ClN3. The zero-order chi connectivity index (χ0) is 12.7. The van der Waals surface area contributed by atoms with Gasteiger partial charge in [-0.3, -0.25) is 5.84 Å². The maximum absolute atomic E-state index is 5.43. The van der Waals surface area contributed by atoms with E-state index in [9.17, 15) is 0 Å². The summed E-state index contributed by atoms with van der Waals surface area (Å²) in [6.07, 6.45) is 0. The van der Waals surface area contributed by atoms with Crippen LogP contribution in [-0.4, -0.2) is 0 Å². The second-order valence-electron chi connectivity index (χ2n) is 3.92. The Labute approximate surface area is 129 Å². The predicted molar refractivity (Wildman–Crippen MR) is 95.3 cm³/mol. The maximum atomic E-state index is 5.43. The van der Waals surface area contributed by atoms with Gasteiger partial charge in [-0.1, -0.05) is 50.2 Å². The SMILES string of the molecule is C.C.Cc1ccc(N)cc1.Cc1ccc(NN)cc1.Cl. The highest BCUT2D eigenvalue weighted by atomic mass is 35.5. The first kappa shape index (κ1) is 23.4. The third kappa shape index (κ3) is 9.25. The molecule has 0 saturated carbocycles. The molecule has 3 nitrogen and oxygen atoms in total. The average Bonchev–Trinajstić information content (AvgIpc) is 2.35. The van der Waals surface area contributed by atoms with Crippen molar-refractivity contribution in [1.82, 2.24) is 0 Å². The van der Waals surface area contributed by atoms with E-state index in [1.54, 1.807) is 0 Å². The number of aryl methyl sites for hydroxylation is 2. The highest BCUT2D eigenvalue weighted by Crippen LogP contribution is 2.05. The van der Waals surface area contributed by atoms with Crippen molar-refractivity contribution in [2.45, 2.75) is 28.7 Å². The van der Waals surface area contributed by atoms with Crippen LogP contribution in [-0.2, 0) is 0 Å². The van der Waals surface area contributed by atoms with Crippen molar-refractivity contribution in [2.24, 2.45) is 5.84 Å². The number of nitrogens with two attached hydrogens (primary N) is 2. The Morgan fingerprint density at radius 1 is 0.750 bits per heavy atom. The van der Waals surface area contributed by atoms with E-state index in [1.807, 2.05) is 62.4 Å². The fourth-order valence-electron chi connectivity index (χ4n) is 1.22. The molecule has 0 amide bonds. The summed E-state index contributed by atoms with van der Waals surface area (Å²) < 4.78 is 0. The minimum atomic E-state index is 0. The summed E-state index contributed by atoms with van der Waals surface area (Å²) in [4.78, 5) is 0. The highest BCUT2D eigenvalue weighted by Gasteiger charge is 1.84. The third-order valence-electron chi connectivity index (χ3n) is 2.30. The molecule has 4 heteroatoms. The van der Waals surface area contributed by atoms with Crippen LogP contribution in [0.2, 0.25) is 0 Å². The van der Waals surface area contributed by atoms with Crippen molar-refractivity contribution in [1.29, 1.82) is 0 Å². The number of hydrogen-bond donors (Lipinski definition) is 3. The topological polar surface area (TPSA) is 64.1 Å². The van der Waals surface area contributed by atoms with Gasteiger partial charge >= 0.3 is 0 Å². The lowest BCUT2D eigenvalue weighted by molar-refractivity contribution is 1.34. The number of hydrazine groups is 1. The van der Waals surface area contributed by atoms with E-state index in [0.29, 0.717) is 0 Å². The van der Waals surface area contributed by atoms with Crippen LogP contribution in [0.3, 0.4) is 0 Å². The third-order valence-corrected chi connectivity index (χ3v) is 2.30. The Kier molecular flexibility index (Phi) is 14.4. The summed E-state index contributed by atoms with van der Waals surface area (Å²) in [5, 5.41) is 0. The highest BCUT2D eigenvalue weighted by molar-refractivity contribution is 5.85. The van der Waals surface area contributed by atoms with Gasteiger partial charge in [-0.05, 0) is 38.1 Å². The molecule has 0 heterocycles. The van der Waals surface area contributed by atoms with Crippen LogP contribution in [0.4, 0.5) is 11.4 Å². The van der Waals surface area contributed by atoms with E-state index in [-0.39, 0.29) is 27.3 Å². The summed E-state index contributed by atoms with van der Waals surface area (Å²) in [7, 11) is 0. The van der Waals surface area contributed by atoms with Gasteiger partial charge in [-0.15, -0.1) is 12.4 Å². The number of hydrogen-bond acceptors (Lipinski definition) is 3. The number of rotatable bonds is 1. The molecule has 0 bridgehead atoms. The Morgan fingerprint density at radius 2 is 1.10 bits per heavy atom. The lowest BCUT2D eigenvalue weighted by Gasteiger charge is -1.97. The molecule has 2 rings (SSSR count). The Hall–Kier alpha value is -1.71. The van der Waals surface area contributed by atoms with Crippen LogP contribution in [0.1, 0.15) is 26.0 Å². The molecule has 0 spiro atoms. The van der Waals surface area contributed by atoms with Crippen LogP contribution >= 0.6 is 12.4 Å². The van der Waals surface area contributed by atoms with Gasteiger partial charge in [0.25, 0.3) is 0 Å². The number of nitrogens with one attached hydrogen (secondary N) is 1. The number of nitrogen functional groups attached to an aromatic ring is 2. The fraction of sp³-hybridized carbons (Fsp3) is 0.250. The van der Waals surface area contributed by atoms with Gasteiger partial charge in [0.05, 0.1) is 0 Å². The van der Waals surface area contributed by atoms with Crippen LogP contribution in [0.25, 0.3) is 0 Å². The summed E-state index contributed by atoms with van der Waals surface area (Å²) in [6, 6.07) is 15.7. The van der Waals surface area contributed by atoms with Crippen LogP contribution in [0.5, 0.6) is 0 Å². The van der Waals surface area contributed by atoms with E-state index >= 15 is 0 Å². The smallest absolute Gasteiger partial charge is 0.0485 e. The predicted octanol–water partition coefficient (Wildman–Crippen LogP) is 4.55. The van der Waals surface area contributed by atoms with Crippen molar-refractivity contribution >= 4 is 23.8 Å². The van der Waals surface area contributed by atoms with E-state index in [0.717, 1.165) is 11.4 Å². The molecule has 5 N–H and O–H groups in total. The fourth-order valence-corrected chi connectivity index (χ4v) is 1.22. The zero-order valence-electron chi connectivity index (χ0n) is 10.7. The first-order valence-electron chi connectivity index (χ1n) is 5.47. The molecule has 0 fully saturated rings. The van der Waals surface area contributed by atoms with Crippen LogP contribution in [0.15, 0.2) is 48.5 Å². The van der Waals surface area contributed by atoms with Gasteiger partial charge < -0.3 is 11.2 Å². The lowest BCUT2D eigenvalue weighted by Crippen LogP contribution is -2.05. The number of halogens is 1. The molecule has 0 atom stereocenters. The number of anilines is 2. The van der Waals surface area contributed by atoms with Crippen LogP contribution < -0.4 is 17.0 Å². The zero-order valence-corrected chi connectivity index (χ0v) is 11.5. The maximum Gasteiger partial charge on any atom is 0.0485 e. The van der Waals surface area contributed by atoms with Gasteiger partial charge in [0, 0.05) is 11.4 Å². The second-order valence-corrected chi connectivity index (χ2v) is 3.92. The Bertz CT molecular complexity index is 417. The molecule has 20 heavy (non-hydrogen) atoms. The largest absolute Gasteiger partial charge is 0.399 e. The molecule has 2 aromatic rings. The molecule has 0 aromatic heterocycles. The molecule has 0 aliphatic heterocycles. The molecular weight excluding hydrogens is 270 g/mol. The van der Waals surface area contributed by atoms with Gasteiger partial charge in [0.15, 0.2) is 0 Å². The normalized spacial score (nSPS) is 7.75. The summed E-state index contributed by atoms with van der Waals surface area (Å²) in [5.74, 6) is 5.15. The van der Waals surface area contributed by atoms with Crippen molar-refractivity contribution in [3.05, 3.63) is 59.7 Å². The minimum absolute atomic E-state index is 0. The van der Waals surface area contributed by atoms with Crippen molar-refractivity contribution in [3.63, 3.8) is 0 Å². The Balaban J connectivity index is -0.000000252. The summed E-state index contributed by atoms with van der Waals surface area (Å²) in [6.45, 7) is 4.08. The molecule has 0 radical (unpaired) electrons. The average molecular weight is 298 g/mol. The standard InChI is InChI=1S/C7H10N2.C7H9N.2CH4.ClH/c1-6-2-4-7(9-8)5-3-6;1-6-2-4-7(8)5-3-6;;;/h2-5,9H,8H2,1H3;2-5H,8H2,1H3;2*1H4;1H. The lowest BCUT2D eigenvalue weighted by atomic mass is 10.2. The van der Waals surface area contributed by atoms with E-state index in [4.69, 9.17) is 11.6 Å². The molecule has 0 saturated heterocycles. The van der Waals surface area contributed by atoms with Gasteiger partial charge in [0.2, 0.25) is 0 Å². The minimum Gasteiger partial charge on any atom is -0.399 e. The Morgan fingerprint density at radius 3 is 1.40 bits per heavy atom. The monoisotopic (exact) mass is 297 g/mol. The second kappa shape index (κ2) is 12.3. The number of benzene rings is 2. The van der Waals surface area contributed by atoms with Gasteiger partial charge in [0.1, 0.15) is 0 Å². The van der Waals surface area contributed by atoms with E-state index in [1.165, 1.54) is 11.1 Å². The van der Waals surface area contributed by atoms with Crippen molar-refractivity contribution in [3.8, 4) is 0 Å². The van der Waals surface area contributed by atoms with Crippen molar-refractivity contribution < 1.29 is 0 Å². The van der Waals surface area contributed by atoms with E-state index in [2.05, 4.69) is 5.43 Å². The van der Waals surface area contributed by atoms with Gasteiger partial charge in [-0.2, -0.15) is 0 Å². The first-order valence-corrected chi connectivity index (χ1v) is 5.47. The molecule has 0 aliphatic rings.